The molecule has 4 nitrogen and oxygen atoms in total. The Labute approximate surface area is 83.2 Å². The van der Waals surface area contributed by atoms with Gasteiger partial charge in [-0.05, 0) is 13.8 Å². The number of rotatable bonds is 2. The predicted molar refractivity (Wildman–Crippen MR) is 54.5 cm³/mol. The molecule has 0 saturated carbocycles. The van der Waals surface area contributed by atoms with Gasteiger partial charge in [0.1, 0.15) is 6.33 Å². The first-order valence-corrected chi connectivity index (χ1v) is 4.36. The van der Waals surface area contributed by atoms with E-state index in [1.807, 2.05) is 13.8 Å². The van der Waals surface area contributed by atoms with Crippen LogP contribution in [0.4, 0.5) is 4.79 Å². The number of allylic oxidation sites excluding steroid dienone is 2. The summed E-state index contributed by atoms with van der Waals surface area (Å²) in [5, 5.41) is 0. The molecule has 0 unspecified atom stereocenters. The number of carbonyl (C=O) groups is 1. The third-order valence-corrected chi connectivity index (χ3v) is 1.57. The van der Waals surface area contributed by atoms with Crippen LogP contribution < -0.4 is 0 Å². The fourth-order valence-electron chi connectivity index (χ4n) is 1.00. The van der Waals surface area contributed by atoms with Crippen molar-refractivity contribution >= 4 is 6.03 Å². The molecule has 0 aliphatic carbocycles. The third-order valence-electron chi connectivity index (χ3n) is 1.57. The normalized spacial score (nSPS) is 11.3. The van der Waals surface area contributed by atoms with Gasteiger partial charge >= 0.3 is 6.03 Å². The molecule has 4 heteroatoms. The molecule has 1 aromatic rings. The van der Waals surface area contributed by atoms with Crippen molar-refractivity contribution in [3.63, 3.8) is 0 Å². The second kappa shape index (κ2) is 5.01. The van der Waals surface area contributed by atoms with Gasteiger partial charge in [-0.2, -0.15) is 0 Å². The molecule has 0 radical (unpaired) electrons. The van der Waals surface area contributed by atoms with Crippen molar-refractivity contribution in [3.8, 4) is 0 Å². The number of aromatic nitrogens is 2. The number of nitrogens with zero attached hydrogens (tertiary/aromatic N) is 3. The Morgan fingerprint density at radius 2 is 2.00 bits per heavy atom. The zero-order chi connectivity index (χ0) is 10.4. The van der Waals surface area contributed by atoms with Crippen LogP contribution >= 0.6 is 0 Å². The van der Waals surface area contributed by atoms with Gasteiger partial charge in [0.2, 0.25) is 0 Å². The Morgan fingerprint density at radius 3 is 2.43 bits per heavy atom. The molecule has 1 aromatic heterocycles. The summed E-state index contributed by atoms with van der Waals surface area (Å²) in [6.07, 6.45) is 11.7. The lowest BCUT2D eigenvalue weighted by Gasteiger charge is -2.12. The van der Waals surface area contributed by atoms with Crippen LogP contribution in [0.25, 0.3) is 0 Å². The van der Waals surface area contributed by atoms with Crippen LogP contribution in [0.3, 0.4) is 0 Å². The van der Waals surface area contributed by atoms with Gasteiger partial charge in [-0.1, -0.05) is 12.2 Å². The van der Waals surface area contributed by atoms with Crippen molar-refractivity contribution in [1.29, 1.82) is 0 Å². The van der Waals surface area contributed by atoms with Crippen molar-refractivity contribution in [2.24, 2.45) is 0 Å². The summed E-state index contributed by atoms with van der Waals surface area (Å²) in [7, 11) is 0. The minimum absolute atomic E-state index is 0.154. The summed E-state index contributed by atoms with van der Waals surface area (Å²) in [6, 6.07) is -0.154. The Morgan fingerprint density at radius 1 is 1.36 bits per heavy atom. The molecule has 0 spiro atoms. The molecular weight excluding hydrogens is 178 g/mol. The van der Waals surface area contributed by atoms with Crippen molar-refractivity contribution in [2.75, 3.05) is 0 Å². The first-order chi connectivity index (χ1) is 6.79. The summed E-state index contributed by atoms with van der Waals surface area (Å²) in [5.41, 5.74) is 0. The van der Waals surface area contributed by atoms with E-state index in [0.717, 1.165) is 0 Å². The lowest BCUT2D eigenvalue weighted by molar-refractivity contribution is 0.228. The predicted octanol–water partition coefficient (Wildman–Crippen LogP) is 2.22. The monoisotopic (exact) mass is 191 g/mol. The fraction of sp³-hybridized carbons (Fsp3) is 0.200. The largest absolute Gasteiger partial charge is 0.337 e. The first kappa shape index (κ1) is 10.2. The van der Waals surface area contributed by atoms with Gasteiger partial charge in [0.15, 0.2) is 0 Å². The van der Waals surface area contributed by atoms with E-state index in [2.05, 4.69) is 4.98 Å². The average molecular weight is 191 g/mol. The molecule has 14 heavy (non-hydrogen) atoms. The van der Waals surface area contributed by atoms with Crippen molar-refractivity contribution in [2.45, 2.75) is 13.8 Å². The summed E-state index contributed by atoms with van der Waals surface area (Å²) >= 11 is 0. The van der Waals surface area contributed by atoms with Crippen LogP contribution in [-0.4, -0.2) is 20.5 Å². The molecule has 0 atom stereocenters. The molecule has 0 N–H and O–H groups in total. The van der Waals surface area contributed by atoms with Crippen LogP contribution in [0.2, 0.25) is 0 Å². The van der Waals surface area contributed by atoms with Gasteiger partial charge in [0, 0.05) is 24.8 Å². The van der Waals surface area contributed by atoms with Crippen molar-refractivity contribution in [1.82, 2.24) is 14.5 Å². The summed E-state index contributed by atoms with van der Waals surface area (Å²) in [4.78, 5) is 17.0. The van der Waals surface area contributed by atoms with Crippen LogP contribution in [0, 0.1) is 0 Å². The topological polar surface area (TPSA) is 38.1 Å². The zero-order valence-electron chi connectivity index (χ0n) is 8.29. The molecule has 0 fully saturated rings. The van der Waals surface area contributed by atoms with Gasteiger partial charge in [-0.3, -0.25) is 9.47 Å². The Kier molecular flexibility index (Phi) is 3.67. The van der Waals surface area contributed by atoms with Gasteiger partial charge in [-0.15, -0.1) is 0 Å². The number of carbonyl (C=O) groups excluding carboxylic acids is 1. The second-order valence-electron chi connectivity index (χ2n) is 2.62. The lowest BCUT2D eigenvalue weighted by atomic mass is 10.5. The summed E-state index contributed by atoms with van der Waals surface area (Å²) in [5.74, 6) is 0. The Hall–Kier alpha value is -1.84. The maximum atomic E-state index is 11.7. The highest BCUT2D eigenvalue weighted by atomic mass is 16.2. The molecule has 0 aliphatic heterocycles. The van der Waals surface area contributed by atoms with E-state index >= 15 is 0 Å². The Balaban J connectivity index is 2.84. The summed E-state index contributed by atoms with van der Waals surface area (Å²) in [6.45, 7) is 3.72. The number of hydrogen-bond acceptors (Lipinski definition) is 2. The molecule has 0 saturated heterocycles. The van der Waals surface area contributed by atoms with Gasteiger partial charge in [0.05, 0.1) is 0 Å². The van der Waals surface area contributed by atoms with E-state index in [1.165, 1.54) is 15.8 Å². The lowest BCUT2D eigenvalue weighted by Crippen LogP contribution is -2.24. The summed E-state index contributed by atoms with van der Waals surface area (Å²) < 4.78 is 1.42. The van der Waals surface area contributed by atoms with Gasteiger partial charge < -0.3 is 0 Å². The fourth-order valence-corrected chi connectivity index (χ4v) is 1.00. The minimum atomic E-state index is -0.154. The molecule has 0 aromatic carbocycles. The highest BCUT2D eigenvalue weighted by molar-refractivity contribution is 5.78. The number of amides is 1. The smallest absolute Gasteiger partial charge is 0.277 e. The second-order valence-corrected chi connectivity index (χ2v) is 2.62. The highest BCUT2D eigenvalue weighted by Crippen LogP contribution is 1.98. The Bertz CT molecular complexity index is 326. The van der Waals surface area contributed by atoms with Gasteiger partial charge in [-0.25, -0.2) is 9.78 Å². The van der Waals surface area contributed by atoms with Crippen LogP contribution in [0.1, 0.15) is 13.8 Å². The number of hydrogen-bond donors (Lipinski definition) is 0. The third kappa shape index (κ3) is 2.32. The van der Waals surface area contributed by atoms with E-state index in [1.54, 1.807) is 36.9 Å². The standard InChI is InChI=1S/C10H13N3O/c1-3-6-12(7-4-2)10(14)13-8-5-11-9-13/h3-9H,1-2H3/b6-3-,7-4?. The molecule has 0 bridgehead atoms. The molecule has 1 amide bonds. The van der Waals surface area contributed by atoms with E-state index < -0.39 is 0 Å². The molecular formula is C10H13N3O. The molecule has 0 aliphatic rings. The SMILES string of the molecule is CC=CN(/C=C\C)C(=O)n1ccnc1. The van der Waals surface area contributed by atoms with E-state index in [4.69, 9.17) is 0 Å². The zero-order valence-corrected chi connectivity index (χ0v) is 8.29. The van der Waals surface area contributed by atoms with E-state index in [0.29, 0.717) is 0 Å². The minimum Gasteiger partial charge on any atom is -0.277 e. The average Bonchev–Trinajstić information content (AvgIpc) is 2.69. The first-order valence-electron chi connectivity index (χ1n) is 4.36. The highest BCUT2D eigenvalue weighted by Gasteiger charge is 2.08. The molecule has 1 rings (SSSR count). The van der Waals surface area contributed by atoms with Crippen LogP contribution in [0.15, 0.2) is 43.3 Å². The maximum absolute atomic E-state index is 11.7. The van der Waals surface area contributed by atoms with Crippen LogP contribution in [-0.2, 0) is 0 Å². The van der Waals surface area contributed by atoms with Crippen LogP contribution in [0.5, 0.6) is 0 Å². The quantitative estimate of drug-likeness (QED) is 0.718. The van der Waals surface area contributed by atoms with E-state index in [9.17, 15) is 4.79 Å². The molecule has 74 valence electrons. The number of imidazole rings is 1. The van der Waals surface area contributed by atoms with Crippen molar-refractivity contribution in [3.05, 3.63) is 43.3 Å². The van der Waals surface area contributed by atoms with Gasteiger partial charge in [0.25, 0.3) is 0 Å². The van der Waals surface area contributed by atoms with E-state index in [-0.39, 0.29) is 6.03 Å². The maximum Gasteiger partial charge on any atom is 0.337 e. The van der Waals surface area contributed by atoms with Crippen molar-refractivity contribution < 1.29 is 4.79 Å². The molecule has 1 heterocycles.